The maximum Gasteiger partial charge on any atom is 0.120 e. The third-order valence-electron chi connectivity index (χ3n) is 1.92. The van der Waals surface area contributed by atoms with Crippen molar-refractivity contribution in [2.75, 3.05) is 0 Å². The van der Waals surface area contributed by atoms with Gasteiger partial charge in [-0.15, -0.1) is 0 Å². The topological polar surface area (TPSA) is 72.5 Å². The number of aryl methyl sites for hydroxylation is 1. The SMILES string of the molecule is Cn1nccc1-c1cnc(CN)[nH]1. The van der Waals surface area contributed by atoms with Gasteiger partial charge in [0.1, 0.15) is 5.82 Å². The van der Waals surface area contributed by atoms with Crippen molar-refractivity contribution in [3.63, 3.8) is 0 Å². The Morgan fingerprint density at radius 1 is 1.62 bits per heavy atom. The van der Waals surface area contributed by atoms with Crippen LogP contribution in [0.5, 0.6) is 0 Å². The van der Waals surface area contributed by atoms with Crippen LogP contribution in [-0.2, 0) is 13.6 Å². The van der Waals surface area contributed by atoms with Gasteiger partial charge in [-0.1, -0.05) is 0 Å². The van der Waals surface area contributed by atoms with Crippen molar-refractivity contribution in [3.8, 4) is 11.4 Å². The first kappa shape index (κ1) is 8.00. The number of nitrogens with two attached hydrogens (primary N) is 1. The zero-order chi connectivity index (χ0) is 9.26. The van der Waals surface area contributed by atoms with Crippen LogP contribution in [0.4, 0.5) is 0 Å². The van der Waals surface area contributed by atoms with Crippen LogP contribution in [0.25, 0.3) is 11.4 Å². The molecule has 13 heavy (non-hydrogen) atoms. The molecule has 0 aliphatic heterocycles. The van der Waals surface area contributed by atoms with E-state index in [9.17, 15) is 0 Å². The van der Waals surface area contributed by atoms with Crippen LogP contribution in [0.2, 0.25) is 0 Å². The lowest BCUT2D eigenvalue weighted by Gasteiger charge is -1.96. The third-order valence-corrected chi connectivity index (χ3v) is 1.92. The normalized spacial score (nSPS) is 10.6. The Labute approximate surface area is 75.6 Å². The predicted octanol–water partition coefficient (Wildman–Crippen LogP) is 0.269. The molecular formula is C8H11N5. The van der Waals surface area contributed by atoms with E-state index in [0.29, 0.717) is 6.54 Å². The second-order valence-electron chi connectivity index (χ2n) is 2.79. The van der Waals surface area contributed by atoms with Gasteiger partial charge >= 0.3 is 0 Å². The summed E-state index contributed by atoms with van der Waals surface area (Å²) < 4.78 is 1.79. The third kappa shape index (κ3) is 1.33. The number of nitrogens with zero attached hydrogens (tertiary/aromatic N) is 3. The molecule has 0 atom stereocenters. The molecule has 68 valence electrons. The zero-order valence-electron chi connectivity index (χ0n) is 7.36. The number of H-pyrrole nitrogens is 1. The summed E-state index contributed by atoms with van der Waals surface area (Å²) in [6.07, 6.45) is 3.51. The van der Waals surface area contributed by atoms with E-state index >= 15 is 0 Å². The molecule has 2 aromatic heterocycles. The molecule has 0 fully saturated rings. The van der Waals surface area contributed by atoms with E-state index in [1.165, 1.54) is 0 Å². The Kier molecular flexibility index (Phi) is 1.86. The fourth-order valence-corrected chi connectivity index (χ4v) is 1.23. The Bertz CT molecular complexity index is 400. The first-order chi connectivity index (χ1) is 6.31. The van der Waals surface area contributed by atoms with Gasteiger partial charge in [0.15, 0.2) is 0 Å². The number of hydrogen-bond acceptors (Lipinski definition) is 3. The van der Waals surface area contributed by atoms with Crippen molar-refractivity contribution in [1.82, 2.24) is 19.7 Å². The monoisotopic (exact) mass is 177 g/mol. The van der Waals surface area contributed by atoms with Gasteiger partial charge in [0, 0.05) is 13.2 Å². The molecule has 5 nitrogen and oxygen atoms in total. The minimum Gasteiger partial charge on any atom is -0.340 e. The molecule has 0 saturated carbocycles. The average molecular weight is 177 g/mol. The number of hydrogen-bond donors (Lipinski definition) is 2. The van der Waals surface area contributed by atoms with E-state index in [1.54, 1.807) is 17.1 Å². The van der Waals surface area contributed by atoms with Crippen LogP contribution in [0.15, 0.2) is 18.5 Å². The number of imidazole rings is 1. The Balaban J connectivity index is 2.41. The molecule has 0 bridgehead atoms. The molecular weight excluding hydrogens is 166 g/mol. The highest BCUT2D eigenvalue weighted by molar-refractivity contribution is 5.52. The molecule has 2 rings (SSSR count). The standard InChI is InChI=1S/C8H11N5/c1-13-7(2-3-11-13)6-5-10-8(4-9)12-6/h2-3,5H,4,9H2,1H3,(H,10,12). The molecule has 0 radical (unpaired) electrons. The Morgan fingerprint density at radius 3 is 3.00 bits per heavy atom. The zero-order valence-corrected chi connectivity index (χ0v) is 7.36. The molecule has 0 aliphatic rings. The molecule has 0 aromatic carbocycles. The number of rotatable bonds is 2. The summed E-state index contributed by atoms with van der Waals surface area (Å²) in [5.41, 5.74) is 7.39. The number of aromatic nitrogens is 4. The van der Waals surface area contributed by atoms with Gasteiger partial charge in [0.2, 0.25) is 0 Å². The molecule has 0 saturated heterocycles. The van der Waals surface area contributed by atoms with Crippen LogP contribution in [0.1, 0.15) is 5.82 Å². The molecule has 0 spiro atoms. The highest BCUT2D eigenvalue weighted by Gasteiger charge is 2.04. The van der Waals surface area contributed by atoms with Crippen molar-refractivity contribution in [2.24, 2.45) is 12.8 Å². The van der Waals surface area contributed by atoms with Gasteiger partial charge in [-0.05, 0) is 6.07 Å². The second-order valence-corrected chi connectivity index (χ2v) is 2.79. The molecule has 0 unspecified atom stereocenters. The lowest BCUT2D eigenvalue weighted by atomic mass is 10.3. The fraction of sp³-hybridized carbons (Fsp3) is 0.250. The number of nitrogens with one attached hydrogen (secondary N) is 1. The van der Waals surface area contributed by atoms with Crippen LogP contribution >= 0.6 is 0 Å². The molecule has 5 heteroatoms. The van der Waals surface area contributed by atoms with E-state index in [0.717, 1.165) is 17.2 Å². The van der Waals surface area contributed by atoms with Gasteiger partial charge in [0.05, 0.1) is 24.1 Å². The van der Waals surface area contributed by atoms with Gasteiger partial charge in [-0.3, -0.25) is 4.68 Å². The summed E-state index contributed by atoms with van der Waals surface area (Å²) in [5.74, 6) is 0.788. The van der Waals surface area contributed by atoms with Crippen LogP contribution in [0, 0.1) is 0 Å². The van der Waals surface area contributed by atoms with Gasteiger partial charge in [-0.25, -0.2) is 4.98 Å². The van der Waals surface area contributed by atoms with Gasteiger partial charge < -0.3 is 10.7 Å². The van der Waals surface area contributed by atoms with E-state index < -0.39 is 0 Å². The first-order valence-electron chi connectivity index (χ1n) is 4.03. The summed E-state index contributed by atoms with van der Waals surface area (Å²) in [7, 11) is 1.89. The van der Waals surface area contributed by atoms with Crippen LogP contribution < -0.4 is 5.73 Å². The molecule has 2 heterocycles. The summed E-state index contributed by atoms with van der Waals surface area (Å²) in [4.78, 5) is 7.22. The van der Waals surface area contributed by atoms with Gasteiger partial charge in [0.25, 0.3) is 0 Å². The van der Waals surface area contributed by atoms with E-state index in [-0.39, 0.29) is 0 Å². The molecule has 3 N–H and O–H groups in total. The maximum atomic E-state index is 5.44. The van der Waals surface area contributed by atoms with Crippen molar-refractivity contribution in [3.05, 3.63) is 24.3 Å². The highest BCUT2D eigenvalue weighted by Crippen LogP contribution is 2.14. The summed E-state index contributed by atoms with van der Waals surface area (Å²) in [6, 6.07) is 1.92. The summed E-state index contributed by atoms with van der Waals surface area (Å²) >= 11 is 0. The Hall–Kier alpha value is -1.62. The molecule has 0 amide bonds. The van der Waals surface area contributed by atoms with Crippen molar-refractivity contribution in [1.29, 1.82) is 0 Å². The maximum absolute atomic E-state index is 5.44. The van der Waals surface area contributed by atoms with Gasteiger partial charge in [-0.2, -0.15) is 5.10 Å². The van der Waals surface area contributed by atoms with Crippen LogP contribution in [-0.4, -0.2) is 19.7 Å². The predicted molar refractivity (Wildman–Crippen MR) is 48.7 cm³/mol. The van der Waals surface area contributed by atoms with Crippen LogP contribution in [0.3, 0.4) is 0 Å². The van der Waals surface area contributed by atoms with E-state index in [2.05, 4.69) is 15.1 Å². The second kappa shape index (κ2) is 3.02. The number of aromatic amines is 1. The quantitative estimate of drug-likeness (QED) is 0.691. The summed E-state index contributed by atoms with van der Waals surface area (Å²) in [5, 5.41) is 4.07. The molecule has 2 aromatic rings. The van der Waals surface area contributed by atoms with Crippen molar-refractivity contribution in [2.45, 2.75) is 6.54 Å². The van der Waals surface area contributed by atoms with Crippen molar-refractivity contribution >= 4 is 0 Å². The smallest absolute Gasteiger partial charge is 0.120 e. The largest absolute Gasteiger partial charge is 0.340 e. The minimum atomic E-state index is 0.428. The first-order valence-corrected chi connectivity index (χ1v) is 4.03. The highest BCUT2D eigenvalue weighted by atomic mass is 15.3. The van der Waals surface area contributed by atoms with E-state index in [4.69, 9.17) is 5.73 Å². The minimum absolute atomic E-state index is 0.428. The van der Waals surface area contributed by atoms with E-state index in [1.807, 2.05) is 13.1 Å². The average Bonchev–Trinajstić information content (AvgIpc) is 2.71. The Morgan fingerprint density at radius 2 is 2.46 bits per heavy atom. The summed E-state index contributed by atoms with van der Waals surface area (Å²) in [6.45, 7) is 0.428. The lowest BCUT2D eigenvalue weighted by Crippen LogP contribution is -1.98. The van der Waals surface area contributed by atoms with Crippen molar-refractivity contribution < 1.29 is 0 Å². The lowest BCUT2D eigenvalue weighted by molar-refractivity contribution is 0.773. The molecule has 0 aliphatic carbocycles. The fourth-order valence-electron chi connectivity index (χ4n) is 1.23.